The third kappa shape index (κ3) is 4.95. The number of pyridine rings is 1. The van der Waals surface area contributed by atoms with E-state index in [9.17, 15) is 9.59 Å². The van der Waals surface area contributed by atoms with E-state index in [1.165, 1.54) is 13.3 Å². The number of aromatic amines is 1. The number of rotatable bonds is 5. The first-order valence-electron chi connectivity index (χ1n) is 10.5. The number of aryl methyl sites for hydroxylation is 2. The lowest BCUT2D eigenvalue weighted by Gasteiger charge is -2.30. The first kappa shape index (κ1) is 22.7. The summed E-state index contributed by atoms with van der Waals surface area (Å²) < 4.78 is 5.14. The lowest BCUT2D eigenvalue weighted by atomic mass is 9.95. The SMILES string of the molecule is COc1cc(-c2cc(C(=O)N3CCC(C(=O)Nc4nc(C)cnc4C)CC3)n[nH]2)c(Cl)cn1. The molecule has 2 N–H and O–H groups in total. The number of H-pyrrole nitrogens is 1. The van der Waals surface area contributed by atoms with Gasteiger partial charge in [-0.1, -0.05) is 11.6 Å². The van der Waals surface area contributed by atoms with Gasteiger partial charge in [-0.05, 0) is 32.8 Å². The van der Waals surface area contributed by atoms with Crippen molar-refractivity contribution in [2.24, 2.45) is 5.92 Å². The molecule has 0 spiro atoms. The molecule has 3 aromatic rings. The zero-order valence-electron chi connectivity index (χ0n) is 18.6. The Morgan fingerprint density at radius 2 is 1.94 bits per heavy atom. The summed E-state index contributed by atoms with van der Waals surface area (Å²) in [7, 11) is 1.52. The molecule has 0 aromatic carbocycles. The van der Waals surface area contributed by atoms with Crippen molar-refractivity contribution in [2.75, 3.05) is 25.5 Å². The van der Waals surface area contributed by atoms with Gasteiger partial charge in [0.05, 0.1) is 35.4 Å². The molecule has 0 unspecified atom stereocenters. The Bertz CT molecular complexity index is 1190. The van der Waals surface area contributed by atoms with Crippen LogP contribution in [0.1, 0.15) is 34.7 Å². The van der Waals surface area contributed by atoms with Gasteiger partial charge < -0.3 is 15.0 Å². The number of carbonyl (C=O) groups excluding carboxylic acids is 2. The maximum atomic E-state index is 13.0. The zero-order valence-corrected chi connectivity index (χ0v) is 19.3. The predicted octanol–water partition coefficient (Wildman–Crippen LogP) is 3.03. The Hall–Kier alpha value is -3.53. The zero-order chi connectivity index (χ0) is 23.5. The lowest BCUT2D eigenvalue weighted by molar-refractivity contribution is -0.121. The Kier molecular flexibility index (Phi) is 6.55. The molecule has 0 bridgehead atoms. The minimum Gasteiger partial charge on any atom is -0.481 e. The summed E-state index contributed by atoms with van der Waals surface area (Å²) in [6.07, 6.45) is 4.26. The van der Waals surface area contributed by atoms with Gasteiger partial charge >= 0.3 is 0 Å². The number of nitrogens with zero attached hydrogens (tertiary/aromatic N) is 5. The van der Waals surface area contributed by atoms with E-state index in [0.717, 1.165) is 5.69 Å². The number of piperidine rings is 1. The number of hydrogen-bond donors (Lipinski definition) is 2. The summed E-state index contributed by atoms with van der Waals surface area (Å²) >= 11 is 6.24. The Labute approximate surface area is 195 Å². The molecule has 172 valence electrons. The first-order valence-corrected chi connectivity index (χ1v) is 10.9. The molecular weight excluding hydrogens is 446 g/mol. The van der Waals surface area contributed by atoms with E-state index in [2.05, 4.69) is 30.5 Å². The topological polar surface area (TPSA) is 126 Å². The summed E-state index contributed by atoms with van der Waals surface area (Å²) in [5.74, 6) is 0.383. The van der Waals surface area contributed by atoms with Crippen molar-refractivity contribution < 1.29 is 14.3 Å². The molecule has 4 heterocycles. The van der Waals surface area contributed by atoms with Crippen molar-refractivity contribution in [3.05, 3.63) is 46.6 Å². The van der Waals surface area contributed by atoms with Gasteiger partial charge in [0.25, 0.3) is 5.91 Å². The van der Waals surface area contributed by atoms with Crippen molar-refractivity contribution in [3.8, 4) is 17.1 Å². The minimum absolute atomic E-state index is 0.103. The lowest BCUT2D eigenvalue weighted by Crippen LogP contribution is -2.41. The van der Waals surface area contributed by atoms with Crippen molar-refractivity contribution in [1.29, 1.82) is 0 Å². The molecule has 1 saturated heterocycles. The maximum Gasteiger partial charge on any atom is 0.274 e. The number of halogens is 1. The summed E-state index contributed by atoms with van der Waals surface area (Å²) in [5.41, 5.74) is 2.92. The van der Waals surface area contributed by atoms with Crippen LogP contribution in [0.25, 0.3) is 11.3 Å². The van der Waals surface area contributed by atoms with Gasteiger partial charge in [0.1, 0.15) is 0 Å². The van der Waals surface area contributed by atoms with Crippen LogP contribution in [0.4, 0.5) is 5.82 Å². The van der Waals surface area contributed by atoms with Gasteiger partial charge in [-0.3, -0.25) is 19.7 Å². The second-order valence-electron chi connectivity index (χ2n) is 7.87. The van der Waals surface area contributed by atoms with Gasteiger partial charge in [0.2, 0.25) is 11.8 Å². The monoisotopic (exact) mass is 469 g/mol. The van der Waals surface area contributed by atoms with E-state index < -0.39 is 0 Å². The van der Waals surface area contributed by atoms with Gasteiger partial charge in [-0.2, -0.15) is 5.10 Å². The third-order valence-corrected chi connectivity index (χ3v) is 5.90. The largest absolute Gasteiger partial charge is 0.481 e. The molecule has 4 rings (SSSR count). The van der Waals surface area contributed by atoms with Crippen molar-refractivity contribution in [2.45, 2.75) is 26.7 Å². The summed E-state index contributed by atoms with van der Waals surface area (Å²) in [5, 5.41) is 10.3. The smallest absolute Gasteiger partial charge is 0.274 e. The molecule has 1 aliphatic rings. The summed E-state index contributed by atoms with van der Waals surface area (Å²) in [4.78, 5) is 40.0. The average Bonchev–Trinajstić information content (AvgIpc) is 3.31. The number of ether oxygens (including phenoxy) is 1. The fourth-order valence-electron chi connectivity index (χ4n) is 3.69. The van der Waals surface area contributed by atoms with Crippen molar-refractivity contribution >= 4 is 29.2 Å². The molecule has 0 saturated carbocycles. The second kappa shape index (κ2) is 9.53. The van der Waals surface area contributed by atoms with E-state index in [-0.39, 0.29) is 23.4 Å². The molecule has 0 aliphatic carbocycles. The molecule has 1 aliphatic heterocycles. The van der Waals surface area contributed by atoms with E-state index >= 15 is 0 Å². The van der Waals surface area contributed by atoms with Crippen LogP contribution in [0.15, 0.2) is 24.5 Å². The van der Waals surface area contributed by atoms with Crippen LogP contribution in [0.3, 0.4) is 0 Å². The number of amides is 2. The third-order valence-electron chi connectivity index (χ3n) is 5.60. The molecular formula is C22H24ClN7O3. The second-order valence-corrected chi connectivity index (χ2v) is 8.28. The number of likely N-dealkylation sites (tertiary alicyclic amines) is 1. The van der Waals surface area contributed by atoms with Crippen LogP contribution < -0.4 is 10.1 Å². The number of nitrogens with one attached hydrogen (secondary N) is 2. The number of anilines is 1. The van der Waals surface area contributed by atoms with Gasteiger partial charge in [-0.15, -0.1) is 0 Å². The number of carbonyl (C=O) groups is 2. The van der Waals surface area contributed by atoms with Gasteiger partial charge in [0.15, 0.2) is 11.5 Å². The van der Waals surface area contributed by atoms with Crippen LogP contribution in [0.2, 0.25) is 5.02 Å². The molecule has 0 radical (unpaired) electrons. The Morgan fingerprint density at radius 3 is 2.67 bits per heavy atom. The molecule has 0 atom stereocenters. The van der Waals surface area contributed by atoms with Crippen LogP contribution in [-0.2, 0) is 4.79 Å². The highest BCUT2D eigenvalue weighted by Crippen LogP contribution is 2.29. The van der Waals surface area contributed by atoms with Crippen LogP contribution in [0.5, 0.6) is 5.88 Å². The highest BCUT2D eigenvalue weighted by molar-refractivity contribution is 6.33. The van der Waals surface area contributed by atoms with Gasteiger partial charge in [0, 0.05) is 36.8 Å². The van der Waals surface area contributed by atoms with E-state index in [4.69, 9.17) is 16.3 Å². The van der Waals surface area contributed by atoms with E-state index in [1.54, 1.807) is 30.2 Å². The molecule has 1 fully saturated rings. The average molecular weight is 470 g/mol. The van der Waals surface area contributed by atoms with E-state index in [0.29, 0.717) is 59.6 Å². The van der Waals surface area contributed by atoms with Crippen molar-refractivity contribution in [1.82, 2.24) is 30.0 Å². The predicted molar refractivity (Wildman–Crippen MR) is 122 cm³/mol. The number of aromatic nitrogens is 5. The summed E-state index contributed by atoms with van der Waals surface area (Å²) in [6, 6.07) is 3.33. The molecule has 2 amide bonds. The first-order chi connectivity index (χ1) is 15.9. The van der Waals surface area contributed by atoms with Crippen LogP contribution >= 0.6 is 11.6 Å². The number of methoxy groups -OCH3 is 1. The molecule has 10 nitrogen and oxygen atoms in total. The fourth-order valence-corrected chi connectivity index (χ4v) is 3.89. The Morgan fingerprint density at radius 1 is 1.18 bits per heavy atom. The van der Waals surface area contributed by atoms with Gasteiger partial charge in [-0.25, -0.2) is 9.97 Å². The minimum atomic E-state index is -0.200. The molecule has 3 aromatic heterocycles. The molecule has 33 heavy (non-hydrogen) atoms. The van der Waals surface area contributed by atoms with Crippen molar-refractivity contribution in [3.63, 3.8) is 0 Å². The highest BCUT2D eigenvalue weighted by Gasteiger charge is 2.29. The Balaban J connectivity index is 1.38. The normalized spacial score (nSPS) is 14.2. The summed E-state index contributed by atoms with van der Waals surface area (Å²) in [6.45, 7) is 4.55. The van der Waals surface area contributed by atoms with Crippen LogP contribution in [-0.4, -0.2) is 62.1 Å². The number of hydrogen-bond acceptors (Lipinski definition) is 7. The highest BCUT2D eigenvalue weighted by atomic mass is 35.5. The fraction of sp³-hybridized carbons (Fsp3) is 0.364. The van der Waals surface area contributed by atoms with E-state index in [1.807, 2.05) is 6.92 Å². The van der Waals surface area contributed by atoms with Crippen LogP contribution in [0, 0.1) is 19.8 Å². The standard InChI is InChI=1S/C22H24ClN7O3/c1-12-10-24-13(2)20(26-12)27-21(31)14-4-6-30(7-5-14)22(32)18-9-17(28-29-18)15-8-19(33-3)25-11-16(15)23/h8-11,14H,4-7H2,1-3H3,(H,28,29)(H,26,27,31). The maximum absolute atomic E-state index is 13.0. The molecule has 11 heteroatoms. The quantitative estimate of drug-likeness (QED) is 0.588.